The van der Waals surface area contributed by atoms with Gasteiger partial charge in [-0.1, -0.05) is 37.3 Å². The molecule has 27 heavy (non-hydrogen) atoms. The van der Waals surface area contributed by atoms with Gasteiger partial charge in [-0.05, 0) is 42.8 Å². The molecule has 1 atom stereocenters. The summed E-state index contributed by atoms with van der Waals surface area (Å²) in [5.41, 5.74) is 1.38. The number of hydrogen-bond acceptors (Lipinski definition) is 4. The van der Waals surface area contributed by atoms with Crippen molar-refractivity contribution in [3.63, 3.8) is 0 Å². The Morgan fingerprint density at radius 1 is 1.15 bits per heavy atom. The molecule has 1 aromatic carbocycles. The molecule has 0 aliphatic heterocycles. The van der Waals surface area contributed by atoms with E-state index < -0.39 is 5.60 Å². The molecular weight excluding hydrogens is 358 g/mol. The fourth-order valence-electron chi connectivity index (χ4n) is 2.61. The molecule has 5 nitrogen and oxygen atoms in total. The number of aliphatic imine (C=N–C) groups is 1. The van der Waals surface area contributed by atoms with Crippen LogP contribution < -0.4 is 10.6 Å². The second-order valence-electron chi connectivity index (χ2n) is 6.62. The Bertz CT molecular complexity index is 699. The molecule has 6 heteroatoms. The van der Waals surface area contributed by atoms with Gasteiger partial charge in [0.15, 0.2) is 5.96 Å². The van der Waals surface area contributed by atoms with Crippen molar-refractivity contribution in [3.05, 3.63) is 57.8 Å². The molecule has 148 valence electrons. The summed E-state index contributed by atoms with van der Waals surface area (Å²) in [5.74, 6) is 0.693. The number of aliphatic hydroxyl groups is 1. The zero-order chi connectivity index (χ0) is 19.5. The second kappa shape index (κ2) is 11.1. The van der Waals surface area contributed by atoms with Crippen molar-refractivity contribution in [1.82, 2.24) is 10.6 Å². The Kier molecular flexibility index (Phi) is 8.78. The van der Waals surface area contributed by atoms with Crippen molar-refractivity contribution >= 4 is 17.3 Å². The molecule has 0 fully saturated rings. The first-order valence-corrected chi connectivity index (χ1v) is 10.4. The number of nitrogens with zero attached hydrogens (tertiary/aromatic N) is 1. The van der Waals surface area contributed by atoms with E-state index in [4.69, 9.17) is 4.74 Å². The van der Waals surface area contributed by atoms with E-state index in [2.05, 4.69) is 34.7 Å². The lowest BCUT2D eigenvalue weighted by Gasteiger charge is -2.23. The average Bonchev–Trinajstić information content (AvgIpc) is 3.21. The number of rotatable bonds is 10. The van der Waals surface area contributed by atoms with Gasteiger partial charge in [0.2, 0.25) is 0 Å². The number of ether oxygens (including phenoxy) is 1. The van der Waals surface area contributed by atoms with Crippen LogP contribution in [0.4, 0.5) is 0 Å². The molecule has 0 saturated carbocycles. The molecule has 1 unspecified atom stereocenters. The van der Waals surface area contributed by atoms with Gasteiger partial charge >= 0.3 is 0 Å². The third-order valence-corrected chi connectivity index (χ3v) is 5.25. The van der Waals surface area contributed by atoms with Crippen molar-refractivity contribution in [2.45, 2.75) is 45.9 Å². The summed E-state index contributed by atoms with van der Waals surface area (Å²) in [6.07, 6.45) is 1.01. The summed E-state index contributed by atoms with van der Waals surface area (Å²) in [7, 11) is 0. The van der Waals surface area contributed by atoms with Gasteiger partial charge in [0.1, 0.15) is 5.60 Å². The minimum atomic E-state index is -0.934. The van der Waals surface area contributed by atoms with Gasteiger partial charge in [-0.2, -0.15) is 0 Å². The molecule has 0 aliphatic carbocycles. The van der Waals surface area contributed by atoms with Crippen LogP contribution >= 0.6 is 11.3 Å². The first kappa shape index (κ1) is 21.4. The van der Waals surface area contributed by atoms with Crippen LogP contribution in [0.25, 0.3) is 0 Å². The number of benzene rings is 1. The second-order valence-corrected chi connectivity index (χ2v) is 7.57. The van der Waals surface area contributed by atoms with E-state index >= 15 is 0 Å². The lowest BCUT2D eigenvalue weighted by Crippen LogP contribution is -2.44. The first-order chi connectivity index (χ1) is 13.1. The molecule has 1 aromatic heterocycles. The van der Waals surface area contributed by atoms with Crippen LogP contribution in [0.2, 0.25) is 0 Å². The largest absolute Gasteiger partial charge is 0.383 e. The van der Waals surface area contributed by atoms with Crippen LogP contribution in [0.1, 0.15) is 43.2 Å². The molecule has 0 aliphatic rings. The van der Waals surface area contributed by atoms with E-state index in [0.29, 0.717) is 25.7 Å². The Balaban J connectivity index is 2.01. The molecule has 1 heterocycles. The topological polar surface area (TPSA) is 65.9 Å². The molecule has 0 saturated heterocycles. The lowest BCUT2D eigenvalue weighted by molar-refractivity contribution is 0.0655. The van der Waals surface area contributed by atoms with Gasteiger partial charge < -0.3 is 20.5 Å². The Morgan fingerprint density at radius 2 is 1.93 bits per heavy atom. The van der Waals surface area contributed by atoms with Gasteiger partial charge in [-0.3, -0.25) is 0 Å². The van der Waals surface area contributed by atoms with Gasteiger partial charge in [-0.25, -0.2) is 4.99 Å². The van der Waals surface area contributed by atoms with E-state index in [1.54, 1.807) is 11.3 Å². The highest BCUT2D eigenvalue weighted by Crippen LogP contribution is 2.24. The van der Waals surface area contributed by atoms with Crippen molar-refractivity contribution in [1.29, 1.82) is 0 Å². The van der Waals surface area contributed by atoms with Gasteiger partial charge in [0.25, 0.3) is 0 Å². The number of guanidine groups is 1. The van der Waals surface area contributed by atoms with Crippen molar-refractivity contribution in [2.24, 2.45) is 4.99 Å². The molecule has 0 spiro atoms. The highest BCUT2D eigenvalue weighted by atomic mass is 32.1. The number of thiophene rings is 1. The monoisotopic (exact) mass is 389 g/mol. The third kappa shape index (κ3) is 6.97. The minimum absolute atomic E-state index is 0.389. The summed E-state index contributed by atoms with van der Waals surface area (Å²) in [6.45, 7) is 9.03. The van der Waals surface area contributed by atoms with Crippen LogP contribution in [-0.2, 0) is 23.5 Å². The van der Waals surface area contributed by atoms with Gasteiger partial charge in [0, 0.05) is 18.0 Å². The van der Waals surface area contributed by atoms with E-state index in [1.807, 2.05) is 43.5 Å². The molecular formula is C21H31N3O2S. The fourth-order valence-corrected chi connectivity index (χ4v) is 3.40. The van der Waals surface area contributed by atoms with E-state index in [-0.39, 0.29) is 0 Å². The number of nitrogens with one attached hydrogen (secondary N) is 2. The molecule has 2 rings (SSSR count). The maximum absolute atomic E-state index is 10.7. The van der Waals surface area contributed by atoms with E-state index in [1.165, 1.54) is 0 Å². The molecule has 0 bridgehead atoms. The zero-order valence-electron chi connectivity index (χ0n) is 16.5. The average molecular weight is 390 g/mol. The first-order valence-electron chi connectivity index (χ1n) is 9.50. The minimum Gasteiger partial charge on any atom is -0.383 e. The van der Waals surface area contributed by atoms with Crippen molar-refractivity contribution in [3.8, 4) is 0 Å². The van der Waals surface area contributed by atoms with Crippen molar-refractivity contribution in [2.75, 3.05) is 19.7 Å². The predicted octanol–water partition coefficient (Wildman–Crippen LogP) is 3.64. The smallest absolute Gasteiger partial charge is 0.191 e. The lowest BCUT2D eigenvalue weighted by atomic mass is 10.1. The molecule has 0 amide bonds. The molecule has 2 aromatic rings. The summed E-state index contributed by atoms with van der Waals surface area (Å²) in [5, 5.41) is 19.2. The summed E-state index contributed by atoms with van der Waals surface area (Å²) in [6, 6.07) is 12.1. The summed E-state index contributed by atoms with van der Waals surface area (Å²) in [4.78, 5) is 5.62. The van der Waals surface area contributed by atoms with E-state index in [0.717, 1.165) is 35.6 Å². The summed E-state index contributed by atoms with van der Waals surface area (Å²) < 4.78 is 5.69. The molecule has 0 radical (unpaired) electrons. The quantitative estimate of drug-likeness (QED) is 0.330. The standard InChI is InChI=1S/C21H31N3O2S/c1-4-12-26-15-18-10-7-6-9-17(18)14-23-20(22-5-2)24-16-21(3,25)19-11-8-13-27-19/h6-11,13,25H,4-5,12,14-16H2,1-3H3,(H2,22,23,24). The third-order valence-electron chi connectivity index (χ3n) is 4.13. The Hall–Kier alpha value is -1.89. The summed E-state index contributed by atoms with van der Waals surface area (Å²) >= 11 is 1.55. The highest BCUT2D eigenvalue weighted by molar-refractivity contribution is 7.10. The number of hydrogen-bond donors (Lipinski definition) is 3. The zero-order valence-corrected chi connectivity index (χ0v) is 17.3. The van der Waals surface area contributed by atoms with Crippen LogP contribution in [-0.4, -0.2) is 30.8 Å². The van der Waals surface area contributed by atoms with Crippen LogP contribution in [0.3, 0.4) is 0 Å². The van der Waals surface area contributed by atoms with Crippen LogP contribution in [0.15, 0.2) is 46.8 Å². The van der Waals surface area contributed by atoms with E-state index in [9.17, 15) is 5.11 Å². The van der Waals surface area contributed by atoms with Crippen LogP contribution in [0.5, 0.6) is 0 Å². The highest BCUT2D eigenvalue weighted by Gasteiger charge is 2.24. The SMILES string of the molecule is CCCOCc1ccccc1CN=C(NCC)NCC(C)(O)c1cccs1. The Labute approximate surface area is 166 Å². The molecule has 3 N–H and O–H groups in total. The predicted molar refractivity (Wildman–Crippen MR) is 113 cm³/mol. The Morgan fingerprint density at radius 3 is 2.59 bits per heavy atom. The van der Waals surface area contributed by atoms with Gasteiger partial charge in [0.05, 0.1) is 19.7 Å². The fraction of sp³-hybridized carbons (Fsp3) is 0.476. The maximum atomic E-state index is 10.7. The normalized spacial score (nSPS) is 14.0. The van der Waals surface area contributed by atoms with Gasteiger partial charge in [-0.15, -0.1) is 11.3 Å². The van der Waals surface area contributed by atoms with Crippen molar-refractivity contribution < 1.29 is 9.84 Å². The maximum Gasteiger partial charge on any atom is 0.191 e. The van der Waals surface area contributed by atoms with Crippen LogP contribution in [0, 0.1) is 0 Å².